The molecule has 0 atom stereocenters. The fraction of sp³-hybridized carbons (Fsp3) is 0.190. The van der Waals surface area contributed by atoms with E-state index in [0.29, 0.717) is 23.7 Å². The van der Waals surface area contributed by atoms with Gasteiger partial charge in [0.2, 0.25) is 0 Å². The fourth-order valence-electron chi connectivity index (χ4n) is 2.18. The molecule has 0 heterocycles. The molecule has 2 aromatic carbocycles. The highest BCUT2D eigenvalue weighted by molar-refractivity contribution is 5.97. The number of carbonyl (C=O) groups is 2. The van der Waals surface area contributed by atoms with Gasteiger partial charge in [0, 0.05) is 0 Å². The summed E-state index contributed by atoms with van der Waals surface area (Å²) in [4.78, 5) is 23.5. The first-order valence-corrected chi connectivity index (χ1v) is 8.42. The van der Waals surface area contributed by atoms with Crippen LogP contribution < -0.4 is 14.2 Å². The molecular weight excluding hydrogens is 362 g/mol. The summed E-state index contributed by atoms with van der Waals surface area (Å²) in [5.74, 6) is 0.146. The van der Waals surface area contributed by atoms with Gasteiger partial charge < -0.3 is 18.9 Å². The molecule has 0 aliphatic rings. The van der Waals surface area contributed by atoms with Gasteiger partial charge >= 0.3 is 11.9 Å². The lowest BCUT2D eigenvalue weighted by molar-refractivity contribution is -0.137. The molecule has 0 amide bonds. The van der Waals surface area contributed by atoms with Crippen LogP contribution in [0, 0.1) is 11.3 Å². The third-order valence-electron chi connectivity index (χ3n) is 3.42. The number of benzene rings is 2. The molecule has 0 N–H and O–H groups in total. The highest BCUT2D eigenvalue weighted by Gasteiger charge is 2.10. The zero-order valence-electron chi connectivity index (χ0n) is 15.5. The first kappa shape index (κ1) is 20.5. The molecule has 144 valence electrons. The summed E-state index contributed by atoms with van der Waals surface area (Å²) < 4.78 is 20.5. The number of rotatable bonds is 8. The molecule has 2 aromatic rings. The van der Waals surface area contributed by atoms with E-state index in [-0.39, 0.29) is 17.9 Å². The average Bonchev–Trinajstić information content (AvgIpc) is 2.71. The summed E-state index contributed by atoms with van der Waals surface area (Å²) >= 11 is 0. The number of hydrogen-bond donors (Lipinski definition) is 0. The van der Waals surface area contributed by atoms with Crippen molar-refractivity contribution in [3.05, 3.63) is 59.7 Å². The Balaban J connectivity index is 1.96. The number of esters is 2. The third kappa shape index (κ3) is 6.18. The Morgan fingerprint density at radius 3 is 2.32 bits per heavy atom. The highest BCUT2D eigenvalue weighted by atomic mass is 16.6. The minimum Gasteiger partial charge on any atom is -0.494 e. The summed E-state index contributed by atoms with van der Waals surface area (Å²) in [6.45, 7) is 2.18. The molecule has 0 spiro atoms. The molecule has 0 aromatic heterocycles. The highest BCUT2D eigenvalue weighted by Crippen LogP contribution is 2.19. The Morgan fingerprint density at radius 1 is 1.04 bits per heavy atom. The second kappa shape index (κ2) is 10.4. The molecule has 0 saturated heterocycles. The summed E-state index contributed by atoms with van der Waals surface area (Å²) in [5.41, 5.74) is 0.351. The van der Waals surface area contributed by atoms with Crippen molar-refractivity contribution in [1.29, 1.82) is 5.26 Å². The molecule has 0 radical (unpaired) electrons. The lowest BCUT2D eigenvalue weighted by Gasteiger charge is -2.08. The minimum absolute atomic E-state index is 0.162. The van der Waals surface area contributed by atoms with Gasteiger partial charge in [-0.3, -0.25) is 0 Å². The second-order valence-corrected chi connectivity index (χ2v) is 5.40. The zero-order valence-corrected chi connectivity index (χ0v) is 15.5. The lowest BCUT2D eigenvalue weighted by atomic mass is 10.1. The van der Waals surface area contributed by atoms with Gasteiger partial charge in [-0.2, -0.15) is 5.26 Å². The zero-order chi connectivity index (χ0) is 20.4. The van der Waals surface area contributed by atoms with Gasteiger partial charge in [0.15, 0.2) is 6.61 Å². The maximum atomic E-state index is 12.0. The Labute approximate surface area is 162 Å². The molecule has 0 aliphatic heterocycles. The SMILES string of the molecule is CCOc1ccc(OCC(=O)Oc2cccc(/C=C(\C#N)C(=O)OC)c2)cc1. The largest absolute Gasteiger partial charge is 0.494 e. The van der Waals surface area contributed by atoms with Crippen LogP contribution in [0.5, 0.6) is 17.2 Å². The van der Waals surface area contributed by atoms with Crippen molar-refractivity contribution in [3.8, 4) is 23.3 Å². The van der Waals surface area contributed by atoms with Crippen molar-refractivity contribution >= 4 is 18.0 Å². The number of ether oxygens (including phenoxy) is 4. The monoisotopic (exact) mass is 381 g/mol. The van der Waals surface area contributed by atoms with Crippen LogP contribution in [0.1, 0.15) is 12.5 Å². The van der Waals surface area contributed by atoms with E-state index in [4.69, 9.17) is 19.5 Å². The molecule has 0 fully saturated rings. The van der Waals surface area contributed by atoms with Gasteiger partial charge in [0.05, 0.1) is 13.7 Å². The van der Waals surface area contributed by atoms with E-state index < -0.39 is 11.9 Å². The summed E-state index contributed by atoms with van der Waals surface area (Å²) in [5, 5.41) is 9.00. The van der Waals surface area contributed by atoms with E-state index in [9.17, 15) is 9.59 Å². The molecule has 7 nitrogen and oxygen atoms in total. The van der Waals surface area contributed by atoms with Gasteiger partial charge in [-0.15, -0.1) is 0 Å². The number of methoxy groups -OCH3 is 1. The predicted octanol–water partition coefficient (Wildman–Crippen LogP) is 3.15. The van der Waals surface area contributed by atoms with E-state index >= 15 is 0 Å². The van der Waals surface area contributed by atoms with E-state index in [1.165, 1.54) is 19.3 Å². The van der Waals surface area contributed by atoms with E-state index in [1.54, 1.807) is 48.5 Å². The fourth-order valence-corrected chi connectivity index (χ4v) is 2.18. The average molecular weight is 381 g/mol. The molecule has 28 heavy (non-hydrogen) atoms. The van der Waals surface area contributed by atoms with Gasteiger partial charge in [0.25, 0.3) is 0 Å². The van der Waals surface area contributed by atoms with Crippen molar-refractivity contribution in [2.75, 3.05) is 20.3 Å². The summed E-state index contributed by atoms with van der Waals surface area (Å²) in [6.07, 6.45) is 1.35. The van der Waals surface area contributed by atoms with Crippen molar-refractivity contribution in [2.45, 2.75) is 6.92 Å². The standard InChI is InChI=1S/C21H19NO6/c1-3-26-17-7-9-18(10-8-17)27-14-20(23)28-19-6-4-5-15(12-19)11-16(13-22)21(24)25-2/h4-12H,3,14H2,1-2H3/b16-11+. The van der Waals surface area contributed by atoms with Crippen molar-refractivity contribution in [3.63, 3.8) is 0 Å². The van der Waals surface area contributed by atoms with E-state index in [2.05, 4.69) is 4.74 Å². The Bertz CT molecular complexity index is 896. The van der Waals surface area contributed by atoms with Crippen molar-refractivity contribution in [2.24, 2.45) is 0 Å². The maximum absolute atomic E-state index is 12.0. The molecule has 0 bridgehead atoms. The maximum Gasteiger partial charge on any atom is 0.349 e. The van der Waals surface area contributed by atoms with Crippen LogP contribution in [0.25, 0.3) is 6.08 Å². The van der Waals surface area contributed by atoms with Crippen LogP contribution in [-0.4, -0.2) is 32.3 Å². The number of carbonyl (C=O) groups excluding carboxylic acids is 2. The Kier molecular flexibility index (Phi) is 7.61. The van der Waals surface area contributed by atoms with Crippen molar-refractivity contribution in [1.82, 2.24) is 0 Å². The molecule has 0 unspecified atom stereocenters. The van der Waals surface area contributed by atoms with Gasteiger partial charge in [0.1, 0.15) is 28.9 Å². The van der Waals surface area contributed by atoms with E-state index in [0.717, 1.165) is 0 Å². The lowest BCUT2D eigenvalue weighted by Crippen LogP contribution is -2.17. The second-order valence-electron chi connectivity index (χ2n) is 5.40. The number of nitrogens with zero attached hydrogens (tertiary/aromatic N) is 1. The molecule has 7 heteroatoms. The molecule has 0 aliphatic carbocycles. The normalized spacial score (nSPS) is 10.5. The molecular formula is C21H19NO6. The summed E-state index contributed by atoms with van der Waals surface area (Å²) in [6, 6.07) is 15.0. The topological polar surface area (TPSA) is 94.9 Å². The quantitative estimate of drug-likeness (QED) is 0.300. The first-order valence-electron chi connectivity index (χ1n) is 8.42. The van der Waals surface area contributed by atoms with Crippen LogP contribution in [-0.2, 0) is 14.3 Å². The van der Waals surface area contributed by atoms with Gasteiger partial charge in [-0.25, -0.2) is 9.59 Å². The smallest absolute Gasteiger partial charge is 0.349 e. The van der Waals surface area contributed by atoms with Crippen LogP contribution in [0.15, 0.2) is 54.1 Å². The first-order chi connectivity index (χ1) is 13.5. The van der Waals surface area contributed by atoms with Crippen LogP contribution in [0.4, 0.5) is 0 Å². The van der Waals surface area contributed by atoms with Crippen LogP contribution in [0.2, 0.25) is 0 Å². The van der Waals surface area contributed by atoms with Gasteiger partial charge in [-0.1, -0.05) is 12.1 Å². The van der Waals surface area contributed by atoms with Crippen LogP contribution in [0.3, 0.4) is 0 Å². The third-order valence-corrected chi connectivity index (χ3v) is 3.42. The van der Waals surface area contributed by atoms with E-state index in [1.807, 2.05) is 6.92 Å². The molecule has 2 rings (SSSR count). The minimum atomic E-state index is -0.742. The summed E-state index contributed by atoms with van der Waals surface area (Å²) in [7, 11) is 1.19. The molecule has 0 saturated carbocycles. The number of hydrogen-bond acceptors (Lipinski definition) is 7. The predicted molar refractivity (Wildman–Crippen MR) is 101 cm³/mol. The van der Waals surface area contributed by atoms with Crippen LogP contribution >= 0.6 is 0 Å². The number of nitriles is 1. The van der Waals surface area contributed by atoms with Crippen molar-refractivity contribution < 1.29 is 28.5 Å². The Hall–Kier alpha value is -3.79. The van der Waals surface area contributed by atoms with Gasteiger partial charge in [-0.05, 0) is 55.0 Å². The Morgan fingerprint density at radius 2 is 1.71 bits per heavy atom.